The number of ketones is 4. The van der Waals surface area contributed by atoms with Crippen molar-refractivity contribution in [2.24, 2.45) is 5.41 Å². The number of unbranched alkanes of at least 4 members (excludes halogenated alkanes) is 1. The average molecular weight is 1380 g/mol. The summed E-state index contributed by atoms with van der Waals surface area (Å²) in [6.07, 6.45) is 0.760. The summed E-state index contributed by atoms with van der Waals surface area (Å²) >= 11 is 0. The van der Waals surface area contributed by atoms with E-state index in [0.717, 1.165) is 4.90 Å². The van der Waals surface area contributed by atoms with Gasteiger partial charge in [-0.2, -0.15) is 0 Å². The van der Waals surface area contributed by atoms with Gasteiger partial charge in [0.1, 0.15) is 41.7 Å². The van der Waals surface area contributed by atoms with Crippen LogP contribution in [0.4, 0.5) is 4.79 Å². The first-order chi connectivity index (χ1) is 47.0. The van der Waals surface area contributed by atoms with E-state index in [1.165, 1.54) is 44.4 Å². The van der Waals surface area contributed by atoms with E-state index in [0.29, 0.717) is 91.2 Å². The number of allylic oxidation sites excluding steroid dienone is 1. The van der Waals surface area contributed by atoms with Gasteiger partial charge in [-0.1, -0.05) is 25.1 Å². The summed E-state index contributed by atoms with van der Waals surface area (Å²) in [5.74, 6) is -6.22. The zero-order valence-corrected chi connectivity index (χ0v) is 55.9. The number of nitrogens with zero attached hydrogens (tertiary/aromatic N) is 1. The van der Waals surface area contributed by atoms with E-state index < -0.39 is 131 Å². The number of alkyl carbamates (subject to hydrolysis) is 1. The third kappa shape index (κ3) is 21.2. The van der Waals surface area contributed by atoms with Crippen molar-refractivity contribution in [2.45, 2.75) is 152 Å². The van der Waals surface area contributed by atoms with Crippen molar-refractivity contribution in [1.29, 1.82) is 0 Å². The molecule has 0 aromatic heterocycles. The number of aromatic hydroxyl groups is 2. The fourth-order valence-corrected chi connectivity index (χ4v) is 12.2. The SMILES string of the molecule is COCCOCCCC(=O)C(CCCCNC(=O)C1(C)CC/C=C/C(OC(=O)NC2CC(OC3CC(O)(C(=O)CO)Cc4c(O)c5c(c(O)c43)C(=O)c3c(OC)cccc3C5=O)OC(C)C2O)CC1)NC(=O)CCOCCOCCOCCOCCNC(=O)CCN1C(=O)C=CC1=O. The molecule has 6 amide bonds. The van der Waals surface area contributed by atoms with Crippen LogP contribution in [0.25, 0.3) is 0 Å². The maximum atomic E-state index is 14.1. The van der Waals surface area contributed by atoms with E-state index in [1.54, 1.807) is 13.2 Å². The number of carbonyl (C=O) groups is 10. The van der Waals surface area contributed by atoms with Crippen LogP contribution >= 0.6 is 0 Å². The van der Waals surface area contributed by atoms with Crippen molar-refractivity contribution in [2.75, 3.05) is 113 Å². The molecular weight excluding hydrogens is 1290 g/mol. The first-order valence-electron chi connectivity index (χ1n) is 33.2. The van der Waals surface area contributed by atoms with Crippen LogP contribution in [0.3, 0.4) is 0 Å². The summed E-state index contributed by atoms with van der Waals surface area (Å²) in [5, 5.41) is 67.9. The van der Waals surface area contributed by atoms with Gasteiger partial charge in [-0.15, -0.1) is 0 Å². The molecule has 1 saturated heterocycles. The van der Waals surface area contributed by atoms with Crippen LogP contribution in [0.15, 0.2) is 42.5 Å². The second kappa shape index (κ2) is 38.1. The molecule has 2 aromatic carbocycles. The van der Waals surface area contributed by atoms with Crippen LogP contribution in [0.5, 0.6) is 17.2 Å². The van der Waals surface area contributed by atoms with Gasteiger partial charge in [0.25, 0.3) is 11.8 Å². The number of ether oxygens (including phenoxy) is 10. The van der Waals surface area contributed by atoms with Gasteiger partial charge in [0.05, 0.1) is 114 Å². The lowest BCUT2D eigenvalue weighted by atomic mass is 9.72. The Morgan fingerprint density at radius 1 is 0.755 bits per heavy atom. The first-order valence-corrected chi connectivity index (χ1v) is 33.2. The van der Waals surface area contributed by atoms with Gasteiger partial charge in [-0.25, -0.2) is 4.79 Å². The Hall–Kier alpha value is -7.62. The van der Waals surface area contributed by atoms with Crippen LogP contribution in [0.2, 0.25) is 0 Å². The summed E-state index contributed by atoms with van der Waals surface area (Å²) in [6.45, 7) is 5.88. The molecule has 2 heterocycles. The Balaban J connectivity index is 0.818. The third-order valence-corrected chi connectivity index (χ3v) is 17.8. The van der Waals surface area contributed by atoms with Crippen molar-refractivity contribution < 1.29 is 121 Å². The van der Waals surface area contributed by atoms with Crippen molar-refractivity contribution in [3.63, 3.8) is 0 Å². The number of imide groups is 1. The standard InChI is InChI=1S/C68H93N5O25/c1-41-60(81)46(37-55(96-41)98-49-39-68(88,50(76)40-74)38-44-57(49)64(85)59-58(62(44)83)61(82)43-12-9-15-48(90-4)56(43)63(59)84)72-66(87)97-42-11-5-7-21-67(2,22-18-42)65(86)70-23-8-6-13-45(47(75)14-10-26-91-30-29-89-3)71-52(78)20-27-92-31-33-94-35-36-95-34-32-93-28-24-69-51(77)19-25-73-53(79)16-17-54(73)80/h5,9,11-12,15-17,41-42,45-46,49,55,60,74,81,83,85,88H,6-8,10,13-14,18-40H2,1-4H3,(H,69,77)(H,70,86)(H,71,78)(H,72,87)/b11-5+. The molecule has 30 nitrogen and oxygen atoms in total. The molecule has 0 bridgehead atoms. The van der Waals surface area contributed by atoms with Gasteiger partial charge in [0, 0.05) is 106 Å². The summed E-state index contributed by atoms with van der Waals surface area (Å²) in [4.78, 5) is 132. The minimum Gasteiger partial charge on any atom is -0.507 e. The molecule has 9 unspecified atom stereocenters. The normalized spacial score (nSPS) is 23.4. The quantitative estimate of drug-likeness (QED) is 0.0170. The number of benzene rings is 2. The number of nitrogens with one attached hydrogen (secondary N) is 4. The number of phenols is 2. The smallest absolute Gasteiger partial charge is 0.408 e. The number of Topliss-reactive ketones (excluding diaryl/α,β-unsaturated/α-hetero) is 2. The van der Waals surface area contributed by atoms with E-state index in [1.807, 2.05) is 13.0 Å². The number of aliphatic hydroxyl groups is 3. The molecule has 30 heteroatoms. The second-order valence-electron chi connectivity index (χ2n) is 24.8. The Bertz CT molecular complexity index is 3190. The molecule has 9 N–H and O–H groups in total. The highest BCUT2D eigenvalue weighted by Gasteiger charge is 2.51. The van der Waals surface area contributed by atoms with Gasteiger partial charge in [0.15, 0.2) is 23.6 Å². The number of rotatable bonds is 40. The highest BCUT2D eigenvalue weighted by Crippen LogP contribution is 2.53. The van der Waals surface area contributed by atoms with Gasteiger partial charge in [-0.05, 0) is 70.4 Å². The minimum atomic E-state index is -2.41. The molecule has 2 aromatic rings. The first kappa shape index (κ1) is 77.7. The summed E-state index contributed by atoms with van der Waals surface area (Å²) in [6, 6.07) is 2.39. The number of phenolic OH excluding ortho intramolecular Hbond substituents is 2. The van der Waals surface area contributed by atoms with Crippen LogP contribution < -0.4 is 26.0 Å². The third-order valence-electron chi connectivity index (χ3n) is 17.8. The minimum absolute atomic E-state index is 0.00226. The van der Waals surface area contributed by atoms with Gasteiger partial charge in [0.2, 0.25) is 23.5 Å². The maximum absolute atomic E-state index is 14.1. The zero-order valence-electron chi connectivity index (χ0n) is 55.9. The predicted molar refractivity (Wildman–Crippen MR) is 344 cm³/mol. The predicted octanol–water partition coefficient (Wildman–Crippen LogP) is 1.95. The van der Waals surface area contributed by atoms with Gasteiger partial charge >= 0.3 is 6.09 Å². The Labute approximate surface area is 567 Å². The second-order valence-corrected chi connectivity index (χ2v) is 24.8. The number of methoxy groups -OCH3 is 2. The largest absolute Gasteiger partial charge is 0.507 e. The highest BCUT2D eigenvalue weighted by atomic mass is 16.7. The van der Waals surface area contributed by atoms with Crippen molar-refractivity contribution in [3.05, 3.63) is 75.9 Å². The molecule has 0 radical (unpaired) electrons. The molecule has 3 aliphatic carbocycles. The summed E-state index contributed by atoms with van der Waals surface area (Å²) in [5.41, 5.74) is -5.23. The summed E-state index contributed by atoms with van der Waals surface area (Å²) in [7, 11) is 2.85. The molecule has 7 rings (SSSR count). The van der Waals surface area contributed by atoms with E-state index in [-0.39, 0.29) is 130 Å². The Morgan fingerprint density at radius 3 is 2.12 bits per heavy atom. The van der Waals surface area contributed by atoms with Crippen molar-refractivity contribution in [1.82, 2.24) is 26.2 Å². The fraction of sp³-hybridized carbons (Fsp3) is 0.618. The average Bonchev–Trinajstić information content (AvgIpc) is 0.758. The van der Waals surface area contributed by atoms with E-state index >= 15 is 0 Å². The number of aliphatic hydroxyl groups excluding tert-OH is 2. The monoisotopic (exact) mass is 1380 g/mol. The van der Waals surface area contributed by atoms with Crippen LogP contribution in [0, 0.1) is 5.41 Å². The van der Waals surface area contributed by atoms with E-state index in [9.17, 15) is 73.5 Å². The van der Waals surface area contributed by atoms with Crippen LogP contribution in [-0.4, -0.2) is 245 Å². The number of fused-ring (bicyclic) bond motifs is 3. The number of hydrogen-bond donors (Lipinski definition) is 9. The topological polar surface area (TPSA) is 416 Å². The number of hydrogen-bond acceptors (Lipinski definition) is 25. The fourth-order valence-electron chi connectivity index (χ4n) is 12.2. The molecular formula is C68H93N5O25. The Kier molecular flexibility index (Phi) is 30.2. The molecule has 9 atom stereocenters. The molecule has 5 aliphatic rings. The van der Waals surface area contributed by atoms with E-state index in [2.05, 4.69) is 21.3 Å². The van der Waals surface area contributed by atoms with Crippen molar-refractivity contribution >= 4 is 58.8 Å². The highest BCUT2D eigenvalue weighted by molar-refractivity contribution is 6.31. The summed E-state index contributed by atoms with van der Waals surface area (Å²) < 4.78 is 56.1. The number of carbonyl (C=O) groups excluding carboxylic acids is 10. The maximum Gasteiger partial charge on any atom is 0.408 e. The molecule has 0 saturated carbocycles. The lowest BCUT2D eigenvalue weighted by Crippen LogP contribution is -2.56. The molecule has 540 valence electrons. The lowest BCUT2D eigenvalue weighted by Gasteiger charge is -2.42. The molecule has 2 aliphatic heterocycles. The number of amides is 6. The lowest BCUT2D eigenvalue weighted by molar-refractivity contribution is -0.249. The molecule has 0 spiro atoms. The van der Waals surface area contributed by atoms with Crippen molar-refractivity contribution in [3.8, 4) is 17.2 Å². The van der Waals surface area contributed by atoms with Gasteiger partial charge < -0.3 is 94.2 Å². The van der Waals surface area contributed by atoms with Crippen LogP contribution in [0.1, 0.15) is 146 Å². The van der Waals surface area contributed by atoms with Gasteiger partial charge in [-0.3, -0.25) is 48.1 Å². The Morgan fingerprint density at radius 2 is 1.43 bits per heavy atom. The van der Waals surface area contributed by atoms with E-state index in [4.69, 9.17) is 47.4 Å². The molecule has 1 fully saturated rings. The zero-order chi connectivity index (χ0) is 70.9. The van der Waals surface area contributed by atoms with Crippen LogP contribution in [-0.2, 0) is 82.6 Å². The molecule has 98 heavy (non-hydrogen) atoms.